The molecule has 0 aromatic carbocycles. The zero-order valence-corrected chi connectivity index (χ0v) is 39.4. The van der Waals surface area contributed by atoms with Crippen LogP contribution in [0.15, 0.2) is 24.3 Å². The Morgan fingerprint density at radius 2 is 0.831 bits per heavy atom. The molecule has 9 nitrogen and oxygen atoms in total. The molecule has 10 heteroatoms. The number of phosphoric acid groups is 1. The maximum atomic E-state index is 12.6. The lowest BCUT2D eigenvalue weighted by molar-refractivity contribution is -0.161. The van der Waals surface area contributed by atoms with Crippen molar-refractivity contribution in [2.45, 2.75) is 251 Å². The molecular formula is C49H94NO8P. The predicted molar refractivity (Wildman–Crippen MR) is 247 cm³/mol. The molecule has 59 heavy (non-hydrogen) atoms. The van der Waals surface area contributed by atoms with Crippen molar-refractivity contribution in [1.82, 2.24) is 0 Å². The predicted octanol–water partition coefficient (Wildman–Crippen LogP) is 14.7. The minimum Gasteiger partial charge on any atom is -0.462 e. The Bertz CT molecular complexity index is 1020. The number of carbonyl (C=O) groups excluding carboxylic acids is 2. The third-order valence-electron chi connectivity index (χ3n) is 10.8. The molecule has 0 bridgehead atoms. The summed E-state index contributed by atoms with van der Waals surface area (Å²) in [4.78, 5) is 35.0. The van der Waals surface area contributed by atoms with Crippen LogP contribution in [0.1, 0.15) is 245 Å². The van der Waals surface area contributed by atoms with E-state index in [1.807, 2.05) is 0 Å². The number of esters is 2. The second kappa shape index (κ2) is 46.0. The van der Waals surface area contributed by atoms with Gasteiger partial charge in [0, 0.05) is 19.4 Å². The van der Waals surface area contributed by atoms with Gasteiger partial charge in [0.1, 0.15) is 6.61 Å². The van der Waals surface area contributed by atoms with Crippen molar-refractivity contribution in [2.75, 3.05) is 26.4 Å². The van der Waals surface area contributed by atoms with Crippen LogP contribution in [0.2, 0.25) is 0 Å². The number of ether oxygens (including phenoxy) is 2. The number of phosphoric ester groups is 1. The van der Waals surface area contributed by atoms with Crippen LogP contribution in [-0.4, -0.2) is 49.3 Å². The van der Waals surface area contributed by atoms with Gasteiger partial charge in [0.25, 0.3) is 0 Å². The smallest absolute Gasteiger partial charge is 0.462 e. The van der Waals surface area contributed by atoms with Gasteiger partial charge in [-0.2, -0.15) is 0 Å². The lowest BCUT2D eigenvalue weighted by Crippen LogP contribution is -2.29. The number of unbranched alkanes of at least 4 members (excludes halogenated alkanes) is 30. The van der Waals surface area contributed by atoms with Crippen molar-refractivity contribution in [2.24, 2.45) is 5.73 Å². The molecule has 0 saturated heterocycles. The Hall–Kier alpha value is -1.51. The zero-order chi connectivity index (χ0) is 43.2. The normalized spacial score (nSPS) is 13.4. The van der Waals surface area contributed by atoms with E-state index in [2.05, 4.69) is 38.2 Å². The Kier molecular flexibility index (Phi) is 44.8. The minimum atomic E-state index is -4.38. The molecule has 0 amide bonds. The van der Waals surface area contributed by atoms with Gasteiger partial charge in [-0.25, -0.2) is 4.57 Å². The second-order valence-electron chi connectivity index (χ2n) is 16.7. The van der Waals surface area contributed by atoms with E-state index >= 15 is 0 Å². The maximum absolute atomic E-state index is 12.6. The van der Waals surface area contributed by atoms with Crippen LogP contribution in [0, 0.1) is 0 Å². The molecule has 0 aliphatic carbocycles. The fourth-order valence-corrected chi connectivity index (χ4v) is 7.86. The quantitative estimate of drug-likeness (QED) is 0.0265. The summed E-state index contributed by atoms with van der Waals surface area (Å²) in [6, 6.07) is 0. The number of allylic oxidation sites excluding steroid dienone is 4. The molecular weight excluding hydrogens is 762 g/mol. The minimum absolute atomic E-state index is 0.0542. The van der Waals surface area contributed by atoms with E-state index in [9.17, 15) is 19.0 Å². The van der Waals surface area contributed by atoms with Gasteiger partial charge in [-0.3, -0.25) is 18.6 Å². The van der Waals surface area contributed by atoms with Crippen molar-refractivity contribution in [1.29, 1.82) is 0 Å². The molecule has 0 aromatic rings. The highest BCUT2D eigenvalue weighted by atomic mass is 31.2. The van der Waals surface area contributed by atoms with Crippen molar-refractivity contribution in [3.05, 3.63) is 24.3 Å². The third kappa shape index (κ3) is 45.8. The number of nitrogens with two attached hydrogens (primary N) is 1. The molecule has 0 rings (SSSR count). The molecule has 348 valence electrons. The highest BCUT2D eigenvalue weighted by Gasteiger charge is 2.26. The van der Waals surface area contributed by atoms with Gasteiger partial charge in [-0.15, -0.1) is 0 Å². The van der Waals surface area contributed by atoms with E-state index < -0.39 is 26.5 Å². The number of hydrogen-bond donors (Lipinski definition) is 2. The summed E-state index contributed by atoms with van der Waals surface area (Å²) < 4.78 is 32.9. The summed E-state index contributed by atoms with van der Waals surface area (Å²) in [5.74, 6) is -0.824. The molecule has 0 aromatic heterocycles. The van der Waals surface area contributed by atoms with Gasteiger partial charge in [0.2, 0.25) is 0 Å². The van der Waals surface area contributed by atoms with Crippen molar-refractivity contribution in [3.63, 3.8) is 0 Å². The molecule has 2 atom stereocenters. The summed E-state index contributed by atoms with van der Waals surface area (Å²) in [5, 5.41) is 0. The first kappa shape index (κ1) is 57.5. The largest absolute Gasteiger partial charge is 0.472 e. The Labute approximate surface area is 363 Å². The van der Waals surface area contributed by atoms with Gasteiger partial charge in [0.15, 0.2) is 6.10 Å². The summed E-state index contributed by atoms with van der Waals surface area (Å²) in [5.41, 5.74) is 5.36. The molecule has 0 spiro atoms. The highest BCUT2D eigenvalue weighted by Crippen LogP contribution is 2.43. The second-order valence-corrected chi connectivity index (χ2v) is 18.1. The van der Waals surface area contributed by atoms with Crippen molar-refractivity contribution in [3.8, 4) is 0 Å². The average molecular weight is 856 g/mol. The van der Waals surface area contributed by atoms with Gasteiger partial charge in [-0.1, -0.05) is 192 Å². The van der Waals surface area contributed by atoms with Gasteiger partial charge < -0.3 is 20.1 Å². The van der Waals surface area contributed by atoms with E-state index in [4.69, 9.17) is 24.3 Å². The molecule has 0 saturated carbocycles. The lowest BCUT2D eigenvalue weighted by Gasteiger charge is -2.19. The van der Waals surface area contributed by atoms with E-state index in [-0.39, 0.29) is 38.6 Å². The molecule has 0 aliphatic rings. The highest BCUT2D eigenvalue weighted by molar-refractivity contribution is 7.47. The Morgan fingerprint density at radius 1 is 0.492 bits per heavy atom. The van der Waals surface area contributed by atoms with E-state index in [1.165, 1.54) is 161 Å². The maximum Gasteiger partial charge on any atom is 0.472 e. The van der Waals surface area contributed by atoms with Crippen LogP contribution in [0.3, 0.4) is 0 Å². The van der Waals surface area contributed by atoms with Crippen LogP contribution < -0.4 is 5.73 Å². The monoisotopic (exact) mass is 856 g/mol. The first-order chi connectivity index (χ1) is 28.8. The fraction of sp³-hybridized carbons (Fsp3) is 0.878. The molecule has 3 N–H and O–H groups in total. The summed E-state index contributed by atoms with van der Waals surface area (Å²) in [6.07, 6.45) is 50.7. The van der Waals surface area contributed by atoms with Crippen LogP contribution in [0.4, 0.5) is 0 Å². The fourth-order valence-electron chi connectivity index (χ4n) is 7.10. The molecule has 0 aliphatic heterocycles. The topological polar surface area (TPSA) is 134 Å². The Balaban J connectivity index is 4.05. The summed E-state index contributed by atoms with van der Waals surface area (Å²) in [7, 11) is -4.38. The van der Waals surface area contributed by atoms with Gasteiger partial charge in [0.05, 0.1) is 13.2 Å². The first-order valence-corrected chi connectivity index (χ1v) is 26.3. The van der Waals surface area contributed by atoms with E-state index in [0.29, 0.717) is 6.42 Å². The van der Waals surface area contributed by atoms with Crippen LogP contribution in [0.25, 0.3) is 0 Å². The van der Waals surface area contributed by atoms with Gasteiger partial charge >= 0.3 is 19.8 Å². The Morgan fingerprint density at radius 3 is 1.20 bits per heavy atom. The zero-order valence-electron chi connectivity index (χ0n) is 38.5. The van der Waals surface area contributed by atoms with Crippen molar-refractivity contribution >= 4 is 19.8 Å². The van der Waals surface area contributed by atoms with Gasteiger partial charge in [-0.05, 0) is 64.2 Å². The molecule has 0 radical (unpaired) electrons. The van der Waals surface area contributed by atoms with Crippen LogP contribution in [0.5, 0.6) is 0 Å². The standard InChI is InChI=1S/C49H94NO8P/c1-3-5-7-9-11-13-15-17-19-21-22-23-24-26-28-30-32-34-36-38-40-42-49(52)58-47(46-57-59(53,54)56-44-43-50)45-55-48(51)41-39-37-35-33-31-29-27-25-20-18-16-14-12-10-8-6-4-2/h17-20,47H,3-16,21-46,50H2,1-2H3,(H,53,54)/b19-17-,20-18-/t47-/m1/s1. The number of hydrogen-bond acceptors (Lipinski definition) is 8. The third-order valence-corrected chi connectivity index (χ3v) is 11.8. The summed E-state index contributed by atoms with van der Waals surface area (Å²) in [6.45, 7) is 3.76. The first-order valence-electron chi connectivity index (χ1n) is 24.8. The van der Waals surface area contributed by atoms with E-state index in [0.717, 1.165) is 51.4 Å². The van der Waals surface area contributed by atoms with Crippen LogP contribution in [-0.2, 0) is 32.7 Å². The van der Waals surface area contributed by atoms with E-state index in [1.54, 1.807) is 0 Å². The van der Waals surface area contributed by atoms with Crippen molar-refractivity contribution < 1.29 is 37.6 Å². The SMILES string of the molecule is CCCCCCCC/C=C\CCCCCCCCCCCCCC(=O)O[C@H](COC(=O)CCCCCCCCC/C=C\CCCCCCCC)COP(=O)(O)OCCN. The number of rotatable bonds is 47. The number of carbonyl (C=O) groups is 2. The average Bonchev–Trinajstić information content (AvgIpc) is 3.22. The lowest BCUT2D eigenvalue weighted by atomic mass is 10.0. The molecule has 1 unspecified atom stereocenters. The molecule has 0 heterocycles. The van der Waals surface area contributed by atoms with Crippen LogP contribution >= 0.6 is 7.82 Å². The molecule has 0 fully saturated rings. The summed E-state index contributed by atoms with van der Waals surface area (Å²) >= 11 is 0.